The Labute approximate surface area is 112 Å². The van der Waals surface area contributed by atoms with Crippen LogP contribution in [-0.4, -0.2) is 21.4 Å². The molecule has 2 unspecified atom stereocenters. The molecule has 0 aliphatic carbocycles. The third-order valence-corrected chi connectivity index (χ3v) is 2.93. The molecule has 2 rings (SSSR count). The minimum Gasteiger partial charge on any atom is -0.391 e. The number of aliphatic hydroxyl groups excluding tert-OH is 1. The number of aryl methyl sites for hydroxylation is 2. The van der Waals surface area contributed by atoms with Gasteiger partial charge in [-0.15, -0.1) is 0 Å². The van der Waals surface area contributed by atoms with Crippen LogP contribution in [0.2, 0.25) is 0 Å². The average molecular weight is 261 g/mol. The normalized spacial score (nSPS) is 14.4. The summed E-state index contributed by atoms with van der Waals surface area (Å²) < 4.78 is 5.07. The summed E-state index contributed by atoms with van der Waals surface area (Å²) in [6.45, 7) is 5.71. The molecule has 3 N–H and O–H groups in total. The van der Waals surface area contributed by atoms with Crippen molar-refractivity contribution in [2.75, 3.05) is 0 Å². The lowest BCUT2D eigenvalue weighted by atomic mass is 10.0. The Morgan fingerprint density at radius 1 is 1.26 bits per heavy atom. The minimum absolute atomic E-state index is 0.273. The number of aromatic nitrogens is 2. The summed E-state index contributed by atoms with van der Waals surface area (Å²) >= 11 is 0. The van der Waals surface area contributed by atoms with E-state index in [0.717, 1.165) is 5.56 Å². The molecule has 0 saturated carbocycles. The van der Waals surface area contributed by atoms with Crippen LogP contribution >= 0.6 is 0 Å². The van der Waals surface area contributed by atoms with Gasteiger partial charge in [-0.05, 0) is 26.3 Å². The molecule has 1 heterocycles. The Morgan fingerprint density at radius 2 is 1.89 bits per heavy atom. The molecule has 5 nitrogen and oxygen atoms in total. The molecule has 102 valence electrons. The number of benzene rings is 1. The van der Waals surface area contributed by atoms with Crippen LogP contribution in [0, 0.1) is 13.8 Å². The lowest BCUT2D eigenvalue weighted by molar-refractivity contribution is 0.146. The van der Waals surface area contributed by atoms with E-state index < -0.39 is 12.1 Å². The molecule has 1 aromatic heterocycles. The van der Waals surface area contributed by atoms with Gasteiger partial charge in [0.1, 0.15) is 6.04 Å². The molecule has 2 atom stereocenters. The molecule has 0 aliphatic rings. The van der Waals surface area contributed by atoms with Gasteiger partial charge in [-0.2, -0.15) is 4.98 Å². The van der Waals surface area contributed by atoms with Crippen LogP contribution in [0.3, 0.4) is 0 Å². The number of nitrogens with zero attached hydrogens (tertiary/aromatic N) is 2. The Bertz CT molecular complexity index is 543. The second-order valence-corrected chi connectivity index (χ2v) is 4.99. The third-order valence-electron chi connectivity index (χ3n) is 2.93. The van der Waals surface area contributed by atoms with Crippen molar-refractivity contribution in [3.63, 3.8) is 0 Å². The van der Waals surface area contributed by atoms with E-state index in [1.807, 2.05) is 0 Å². The van der Waals surface area contributed by atoms with Crippen molar-refractivity contribution in [3.05, 3.63) is 46.6 Å². The van der Waals surface area contributed by atoms with Gasteiger partial charge in [-0.3, -0.25) is 0 Å². The molecule has 0 spiro atoms. The van der Waals surface area contributed by atoms with Crippen molar-refractivity contribution < 1.29 is 9.63 Å². The van der Waals surface area contributed by atoms with Gasteiger partial charge in [0.25, 0.3) is 0 Å². The summed E-state index contributed by atoms with van der Waals surface area (Å²) in [4.78, 5) is 4.22. The predicted octanol–water partition coefficient (Wildman–Crippen LogP) is 1.66. The van der Waals surface area contributed by atoms with Crippen LogP contribution < -0.4 is 5.73 Å². The zero-order chi connectivity index (χ0) is 14.0. The molecule has 5 heteroatoms. The first kappa shape index (κ1) is 13.7. The van der Waals surface area contributed by atoms with E-state index in [4.69, 9.17) is 10.3 Å². The maximum absolute atomic E-state index is 9.39. The topological polar surface area (TPSA) is 85.2 Å². The predicted molar refractivity (Wildman–Crippen MR) is 71.6 cm³/mol. The molecule has 1 aromatic carbocycles. The van der Waals surface area contributed by atoms with Crippen LogP contribution in [-0.2, 0) is 6.42 Å². The van der Waals surface area contributed by atoms with Crippen molar-refractivity contribution in [1.82, 2.24) is 10.1 Å². The SMILES string of the molecule is Cc1cc(C)cc(Cc2noc(C(N)C(C)O)n2)c1. The highest BCUT2D eigenvalue weighted by Gasteiger charge is 2.19. The summed E-state index contributed by atoms with van der Waals surface area (Å²) in [5.41, 5.74) is 9.30. The van der Waals surface area contributed by atoms with Gasteiger partial charge in [0.05, 0.1) is 6.10 Å². The zero-order valence-electron chi connectivity index (χ0n) is 11.4. The monoisotopic (exact) mass is 261 g/mol. The van der Waals surface area contributed by atoms with Gasteiger partial charge in [0.2, 0.25) is 5.89 Å². The fourth-order valence-corrected chi connectivity index (χ4v) is 2.03. The lowest BCUT2D eigenvalue weighted by Gasteiger charge is -2.08. The summed E-state index contributed by atoms with van der Waals surface area (Å²) in [7, 11) is 0. The van der Waals surface area contributed by atoms with Crippen molar-refractivity contribution in [2.24, 2.45) is 5.73 Å². The molecular formula is C14H19N3O2. The molecule has 0 fully saturated rings. The molecule has 19 heavy (non-hydrogen) atoms. The van der Waals surface area contributed by atoms with Crippen molar-refractivity contribution >= 4 is 0 Å². The molecule has 0 aliphatic heterocycles. The van der Waals surface area contributed by atoms with Crippen molar-refractivity contribution in [2.45, 2.75) is 39.3 Å². The van der Waals surface area contributed by atoms with Gasteiger partial charge >= 0.3 is 0 Å². The Morgan fingerprint density at radius 3 is 2.47 bits per heavy atom. The van der Waals surface area contributed by atoms with Crippen LogP contribution in [0.15, 0.2) is 22.7 Å². The van der Waals surface area contributed by atoms with Gasteiger partial charge < -0.3 is 15.4 Å². The van der Waals surface area contributed by atoms with E-state index in [2.05, 4.69) is 42.2 Å². The Kier molecular flexibility index (Phi) is 3.97. The summed E-state index contributed by atoms with van der Waals surface area (Å²) in [6, 6.07) is 5.67. The van der Waals surface area contributed by atoms with Crippen molar-refractivity contribution in [3.8, 4) is 0 Å². The van der Waals surface area contributed by atoms with E-state index in [0.29, 0.717) is 12.2 Å². The maximum Gasteiger partial charge on any atom is 0.246 e. The highest BCUT2D eigenvalue weighted by Crippen LogP contribution is 2.15. The van der Waals surface area contributed by atoms with E-state index in [9.17, 15) is 5.11 Å². The fraction of sp³-hybridized carbons (Fsp3) is 0.429. The zero-order valence-corrected chi connectivity index (χ0v) is 11.4. The number of rotatable bonds is 4. The van der Waals surface area contributed by atoms with E-state index in [1.54, 1.807) is 6.92 Å². The number of hydrogen-bond donors (Lipinski definition) is 2. The molecular weight excluding hydrogens is 242 g/mol. The van der Waals surface area contributed by atoms with Crippen LogP contribution in [0.5, 0.6) is 0 Å². The van der Waals surface area contributed by atoms with Gasteiger partial charge in [0.15, 0.2) is 5.82 Å². The lowest BCUT2D eigenvalue weighted by Crippen LogP contribution is -2.23. The second-order valence-electron chi connectivity index (χ2n) is 4.99. The highest BCUT2D eigenvalue weighted by molar-refractivity contribution is 5.30. The third kappa shape index (κ3) is 3.39. The molecule has 0 radical (unpaired) electrons. The van der Waals surface area contributed by atoms with E-state index >= 15 is 0 Å². The van der Waals surface area contributed by atoms with E-state index in [1.165, 1.54) is 11.1 Å². The number of aliphatic hydroxyl groups is 1. The first-order valence-corrected chi connectivity index (χ1v) is 6.29. The van der Waals surface area contributed by atoms with Gasteiger partial charge in [0, 0.05) is 6.42 Å². The highest BCUT2D eigenvalue weighted by atomic mass is 16.5. The minimum atomic E-state index is -0.713. The van der Waals surface area contributed by atoms with Crippen LogP contribution in [0.1, 0.15) is 41.4 Å². The number of nitrogens with two attached hydrogens (primary N) is 1. The first-order chi connectivity index (χ1) is 8.95. The van der Waals surface area contributed by atoms with Crippen LogP contribution in [0.25, 0.3) is 0 Å². The molecule has 0 saturated heterocycles. The van der Waals surface area contributed by atoms with E-state index in [-0.39, 0.29) is 5.89 Å². The Balaban J connectivity index is 2.15. The van der Waals surface area contributed by atoms with Crippen molar-refractivity contribution in [1.29, 1.82) is 0 Å². The quantitative estimate of drug-likeness (QED) is 0.874. The Hall–Kier alpha value is -1.72. The molecule has 0 bridgehead atoms. The van der Waals surface area contributed by atoms with Gasteiger partial charge in [-0.25, -0.2) is 0 Å². The largest absolute Gasteiger partial charge is 0.391 e. The maximum atomic E-state index is 9.39. The summed E-state index contributed by atoms with van der Waals surface area (Å²) in [5, 5.41) is 13.3. The molecule has 0 amide bonds. The molecule has 2 aromatic rings. The summed E-state index contributed by atoms with van der Waals surface area (Å²) in [6.07, 6.45) is -0.118. The number of hydrogen-bond acceptors (Lipinski definition) is 5. The second kappa shape index (κ2) is 5.50. The fourth-order valence-electron chi connectivity index (χ4n) is 2.03. The standard InChI is InChI=1S/C14H19N3O2/c1-8-4-9(2)6-11(5-8)7-12-16-14(19-17-12)13(15)10(3)18/h4-6,10,13,18H,7,15H2,1-3H3. The van der Waals surface area contributed by atoms with Gasteiger partial charge in [-0.1, -0.05) is 34.5 Å². The summed E-state index contributed by atoms with van der Waals surface area (Å²) in [5.74, 6) is 0.852. The average Bonchev–Trinajstić information content (AvgIpc) is 2.74. The van der Waals surface area contributed by atoms with Crippen LogP contribution in [0.4, 0.5) is 0 Å². The first-order valence-electron chi connectivity index (χ1n) is 6.29. The smallest absolute Gasteiger partial charge is 0.246 e.